The summed E-state index contributed by atoms with van der Waals surface area (Å²) >= 11 is 0. The molecule has 0 heterocycles. The van der Waals surface area contributed by atoms with Crippen molar-refractivity contribution in [3.05, 3.63) is 51.9 Å². The Hall–Kier alpha value is -1.41. The van der Waals surface area contributed by atoms with Gasteiger partial charge < -0.3 is 5.11 Å². The highest BCUT2D eigenvalue weighted by molar-refractivity contribution is 5.39. The van der Waals surface area contributed by atoms with E-state index >= 15 is 0 Å². The maximum Gasteiger partial charge on any atom is 0.102 e. The SMILES string of the molecule is Cc1c(C)c1=N[C@H]1c2ccccc2C[C@H]1O. The lowest BCUT2D eigenvalue weighted by molar-refractivity contribution is 0.158. The van der Waals surface area contributed by atoms with Crippen LogP contribution in [0.15, 0.2) is 29.3 Å². The molecule has 1 aliphatic carbocycles. The molecule has 0 radical (unpaired) electrons. The van der Waals surface area contributed by atoms with Gasteiger partial charge in [0.2, 0.25) is 0 Å². The van der Waals surface area contributed by atoms with Gasteiger partial charge in [-0.05, 0) is 36.1 Å². The van der Waals surface area contributed by atoms with Crippen LogP contribution in [-0.4, -0.2) is 11.2 Å². The van der Waals surface area contributed by atoms with Crippen molar-refractivity contribution in [3.63, 3.8) is 0 Å². The molecule has 0 aliphatic heterocycles. The molecule has 1 aliphatic rings. The molecule has 0 unspecified atom stereocenters. The van der Waals surface area contributed by atoms with E-state index in [-0.39, 0.29) is 12.1 Å². The minimum absolute atomic E-state index is 0.0569. The summed E-state index contributed by atoms with van der Waals surface area (Å²) in [6.45, 7) is 4.17. The molecule has 3 rings (SSSR count). The molecule has 2 atom stereocenters. The van der Waals surface area contributed by atoms with Gasteiger partial charge in [-0.1, -0.05) is 24.3 Å². The Kier molecular flexibility index (Phi) is 2.01. The van der Waals surface area contributed by atoms with Crippen molar-refractivity contribution in [2.24, 2.45) is 4.99 Å². The second-order valence-electron chi connectivity index (χ2n) is 4.64. The molecule has 0 aromatic heterocycles. The maximum absolute atomic E-state index is 10.0. The smallest absolute Gasteiger partial charge is 0.102 e. The molecule has 0 fully saturated rings. The van der Waals surface area contributed by atoms with Crippen molar-refractivity contribution >= 4 is 0 Å². The number of hydrogen-bond acceptors (Lipinski definition) is 2. The fraction of sp³-hybridized carbons (Fsp3) is 0.357. The van der Waals surface area contributed by atoms with Gasteiger partial charge in [0.25, 0.3) is 0 Å². The second kappa shape index (κ2) is 3.29. The first-order valence-corrected chi connectivity index (χ1v) is 5.70. The van der Waals surface area contributed by atoms with Gasteiger partial charge in [-0.2, -0.15) is 0 Å². The topological polar surface area (TPSA) is 32.6 Å². The minimum atomic E-state index is -0.355. The Morgan fingerprint density at radius 2 is 1.88 bits per heavy atom. The molecule has 2 aromatic rings. The van der Waals surface area contributed by atoms with Crippen LogP contribution in [0.2, 0.25) is 0 Å². The highest BCUT2D eigenvalue weighted by Crippen LogP contribution is 2.34. The maximum atomic E-state index is 10.0. The Balaban J connectivity index is 2.04. The van der Waals surface area contributed by atoms with Crippen LogP contribution >= 0.6 is 0 Å². The first-order chi connectivity index (χ1) is 7.68. The van der Waals surface area contributed by atoms with E-state index in [1.807, 2.05) is 12.1 Å². The van der Waals surface area contributed by atoms with Crippen LogP contribution in [0, 0.1) is 13.8 Å². The molecule has 2 aromatic carbocycles. The van der Waals surface area contributed by atoms with Crippen molar-refractivity contribution < 1.29 is 5.11 Å². The van der Waals surface area contributed by atoms with Gasteiger partial charge in [0.15, 0.2) is 0 Å². The fourth-order valence-corrected chi connectivity index (χ4v) is 2.43. The standard InChI is InChI=1S/C14H15NO/c1-8-9(2)13(8)15-14-11-6-4-3-5-10(11)7-12(14)16/h3-6,12,14,16H,7H2,1-2H3/t12-,14+/m1/s1. The third kappa shape index (κ3) is 1.34. The normalized spacial score (nSPS) is 23.7. The van der Waals surface area contributed by atoms with E-state index in [0.717, 1.165) is 11.8 Å². The summed E-state index contributed by atoms with van der Waals surface area (Å²) in [7, 11) is 0. The lowest BCUT2D eigenvalue weighted by Gasteiger charge is -2.09. The fourth-order valence-electron chi connectivity index (χ4n) is 2.43. The lowest BCUT2D eigenvalue weighted by Crippen LogP contribution is -2.13. The van der Waals surface area contributed by atoms with E-state index in [1.54, 1.807) is 0 Å². The van der Waals surface area contributed by atoms with Gasteiger partial charge in [-0.3, -0.25) is 4.99 Å². The van der Waals surface area contributed by atoms with Gasteiger partial charge in [0.05, 0.1) is 11.5 Å². The van der Waals surface area contributed by atoms with Gasteiger partial charge in [-0.25, -0.2) is 0 Å². The predicted molar refractivity (Wildman–Crippen MR) is 62.7 cm³/mol. The van der Waals surface area contributed by atoms with E-state index in [0.29, 0.717) is 0 Å². The summed E-state index contributed by atoms with van der Waals surface area (Å²) in [6, 6.07) is 8.14. The van der Waals surface area contributed by atoms with Crippen molar-refractivity contribution in [1.29, 1.82) is 0 Å². The van der Waals surface area contributed by atoms with Crippen LogP contribution in [0.4, 0.5) is 0 Å². The van der Waals surface area contributed by atoms with Crippen molar-refractivity contribution in [3.8, 4) is 0 Å². The summed E-state index contributed by atoms with van der Waals surface area (Å²) in [5, 5.41) is 11.1. The summed E-state index contributed by atoms with van der Waals surface area (Å²) in [5.41, 5.74) is 5.00. The zero-order valence-electron chi connectivity index (χ0n) is 9.57. The zero-order valence-corrected chi connectivity index (χ0v) is 9.57. The highest BCUT2D eigenvalue weighted by Gasteiger charge is 2.30. The van der Waals surface area contributed by atoms with Crippen molar-refractivity contribution in [1.82, 2.24) is 0 Å². The van der Waals surface area contributed by atoms with Crippen LogP contribution in [0.3, 0.4) is 0 Å². The third-order valence-electron chi connectivity index (χ3n) is 3.65. The average molecular weight is 213 g/mol. The van der Waals surface area contributed by atoms with E-state index in [1.165, 1.54) is 22.3 Å². The van der Waals surface area contributed by atoms with E-state index < -0.39 is 0 Å². The summed E-state index contributed by atoms with van der Waals surface area (Å²) in [5.74, 6) is 0. The molecule has 2 heteroatoms. The second-order valence-corrected chi connectivity index (χ2v) is 4.64. The van der Waals surface area contributed by atoms with Gasteiger partial charge >= 0.3 is 0 Å². The van der Waals surface area contributed by atoms with Crippen molar-refractivity contribution in [2.45, 2.75) is 32.4 Å². The van der Waals surface area contributed by atoms with Gasteiger partial charge in [-0.15, -0.1) is 0 Å². The van der Waals surface area contributed by atoms with Crippen LogP contribution in [0.1, 0.15) is 28.3 Å². The Morgan fingerprint density at radius 3 is 2.56 bits per heavy atom. The number of rotatable bonds is 1. The molecular weight excluding hydrogens is 198 g/mol. The Bertz CT molecular complexity index is 543. The summed E-state index contributed by atoms with van der Waals surface area (Å²) in [4.78, 5) is 4.66. The Labute approximate surface area is 95.0 Å². The predicted octanol–water partition coefficient (Wildman–Crippen LogP) is 1.74. The van der Waals surface area contributed by atoms with Gasteiger partial charge in [0, 0.05) is 6.42 Å². The average Bonchev–Trinajstić information content (AvgIpc) is 2.71. The molecule has 0 bridgehead atoms. The first-order valence-electron chi connectivity index (χ1n) is 5.70. The third-order valence-corrected chi connectivity index (χ3v) is 3.65. The van der Waals surface area contributed by atoms with Crippen LogP contribution in [0.5, 0.6) is 0 Å². The number of hydrogen-bond donors (Lipinski definition) is 1. The highest BCUT2D eigenvalue weighted by atomic mass is 16.3. The van der Waals surface area contributed by atoms with E-state index in [4.69, 9.17) is 0 Å². The van der Waals surface area contributed by atoms with Crippen LogP contribution < -0.4 is 5.36 Å². The minimum Gasteiger partial charge on any atom is -0.390 e. The summed E-state index contributed by atoms with van der Waals surface area (Å²) in [6.07, 6.45) is 0.376. The molecule has 0 saturated heterocycles. The number of aliphatic hydroxyl groups is 1. The number of nitrogens with zero attached hydrogens (tertiary/aromatic N) is 1. The molecule has 0 saturated carbocycles. The molecule has 2 nitrogen and oxygen atoms in total. The number of fused-ring (bicyclic) bond motifs is 1. The van der Waals surface area contributed by atoms with E-state index in [2.05, 4.69) is 31.0 Å². The largest absolute Gasteiger partial charge is 0.390 e. The molecule has 0 spiro atoms. The molecule has 16 heavy (non-hydrogen) atoms. The molecular formula is C14H15NO. The van der Waals surface area contributed by atoms with Gasteiger partial charge in [0.1, 0.15) is 6.04 Å². The first kappa shape index (κ1) is 9.79. The number of benzene rings is 1. The number of aliphatic hydroxyl groups excluding tert-OH is 1. The van der Waals surface area contributed by atoms with Crippen molar-refractivity contribution in [2.75, 3.05) is 0 Å². The molecule has 0 amide bonds. The summed E-state index contributed by atoms with van der Waals surface area (Å²) < 4.78 is 0. The zero-order chi connectivity index (χ0) is 11.3. The Morgan fingerprint density at radius 1 is 1.19 bits per heavy atom. The molecule has 1 N–H and O–H groups in total. The molecule has 82 valence electrons. The van der Waals surface area contributed by atoms with Crippen LogP contribution in [0.25, 0.3) is 0 Å². The monoisotopic (exact) mass is 213 g/mol. The van der Waals surface area contributed by atoms with E-state index in [9.17, 15) is 5.11 Å². The lowest BCUT2D eigenvalue weighted by atomic mass is 10.1. The quantitative estimate of drug-likeness (QED) is 0.769. The van der Waals surface area contributed by atoms with Crippen LogP contribution in [-0.2, 0) is 6.42 Å².